The summed E-state index contributed by atoms with van der Waals surface area (Å²) in [6, 6.07) is 4.72. The number of aromatic nitrogens is 2. The first-order valence-electron chi connectivity index (χ1n) is 4.59. The van der Waals surface area contributed by atoms with Crippen LogP contribution < -0.4 is 11.5 Å². The average molecular weight is 316 g/mol. The number of anilines is 1. The van der Waals surface area contributed by atoms with E-state index in [1.807, 2.05) is 0 Å². The van der Waals surface area contributed by atoms with Gasteiger partial charge in [-0.25, -0.2) is 4.68 Å². The number of hydrogen-bond donors (Lipinski definition) is 2. The summed E-state index contributed by atoms with van der Waals surface area (Å²) < 4.78 is 2.19. The predicted molar refractivity (Wildman–Crippen MR) is 69.2 cm³/mol. The van der Waals surface area contributed by atoms with Gasteiger partial charge in [0.05, 0.1) is 15.2 Å². The van der Waals surface area contributed by atoms with Crippen LogP contribution in [0.2, 0.25) is 5.02 Å². The number of benzene rings is 1. The van der Waals surface area contributed by atoms with E-state index in [1.54, 1.807) is 18.3 Å². The molecule has 0 saturated carbocycles. The summed E-state index contributed by atoms with van der Waals surface area (Å²) in [6.07, 6.45) is 1.68. The standard InChI is InChI=1S/C10H8BrClN4O/c11-6-4-16(15-9(6)13)8-2-1-5(10(14)17)3-7(8)12/h1-4H,(H2,13,15)(H2,14,17). The first-order valence-corrected chi connectivity index (χ1v) is 5.76. The predicted octanol–water partition coefficient (Wildman–Crippen LogP) is 1.97. The molecule has 1 aromatic carbocycles. The maximum absolute atomic E-state index is 11.0. The van der Waals surface area contributed by atoms with Crippen LogP contribution in [0.5, 0.6) is 0 Å². The molecule has 1 heterocycles. The van der Waals surface area contributed by atoms with Crippen molar-refractivity contribution in [1.29, 1.82) is 0 Å². The van der Waals surface area contributed by atoms with E-state index >= 15 is 0 Å². The van der Waals surface area contributed by atoms with Crippen LogP contribution in [0.3, 0.4) is 0 Å². The van der Waals surface area contributed by atoms with Gasteiger partial charge in [-0.3, -0.25) is 4.79 Å². The lowest BCUT2D eigenvalue weighted by atomic mass is 10.2. The molecular formula is C10H8BrClN4O. The molecule has 0 fully saturated rings. The fourth-order valence-corrected chi connectivity index (χ4v) is 1.88. The molecule has 0 radical (unpaired) electrons. The van der Waals surface area contributed by atoms with Gasteiger partial charge in [0.25, 0.3) is 0 Å². The molecule has 1 amide bonds. The molecule has 88 valence electrons. The summed E-state index contributed by atoms with van der Waals surface area (Å²) in [4.78, 5) is 11.0. The Balaban J connectivity index is 2.50. The number of amides is 1. The van der Waals surface area contributed by atoms with Crippen LogP contribution >= 0.6 is 27.5 Å². The summed E-state index contributed by atoms with van der Waals surface area (Å²) in [6.45, 7) is 0. The highest BCUT2D eigenvalue weighted by Gasteiger charge is 2.10. The Morgan fingerprint density at radius 3 is 2.65 bits per heavy atom. The summed E-state index contributed by atoms with van der Waals surface area (Å²) >= 11 is 9.29. The maximum Gasteiger partial charge on any atom is 0.248 e. The van der Waals surface area contributed by atoms with E-state index in [0.717, 1.165) is 0 Å². The van der Waals surface area contributed by atoms with E-state index in [0.29, 0.717) is 26.6 Å². The van der Waals surface area contributed by atoms with Gasteiger partial charge in [0.1, 0.15) is 0 Å². The van der Waals surface area contributed by atoms with Gasteiger partial charge in [0.15, 0.2) is 5.82 Å². The number of rotatable bonds is 2. The minimum Gasteiger partial charge on any atom is -0.381 e. The van der Waals surface area contributed by atoms with E-state index in [-0.39, 0.29) is 0 Å². The van der Waals surface area contributed by atoms with Crippen LogP contribution in [0.4, 0.5) is 5.82 Å². The molecule has 2 rings (SSSR count). The van der Waals surface area contributed by atoms with E-state index in [2.05, 4.69) is 21.0 Å². The number of carbonyl (C=O) groups excluding carboxylic acids is 1. The Bertz CT molecular complexity index is 576. The molecule has 0 spiro atoms. The number of halogens is 2. The second kappa shape index (κ2) is 4.38. The van der Waals surface area contributed by atoms with Crippen molar-refractivity contribution in [3.05, 3.63) is 39.5 Å². The molecule has 0 unspecified atom stereocenters. The largest absolute Gasteiger partial charge is 0.381 e. The monoisotopic (exact) mass is 314 g/mol. The van der Waals surface area contributed by atoms with E-state index in [4.69, 9.17) is 23.1 Å². The van der Waals surface area contributed by atoms with Crippen molar-refractivity contribution in [1.82, 2.24) is 9.78 Å². The third kappa shape index (κ3) is 2.27. The van der Waals surface area contributed by atoms with Crippen molar-refractivity contribution in [2.75, 3.05) is 5.73 Å². The van der Waals surface area contributed by atoms with Gasteiger partial charge in [-0.1, -0.05) is 11.6 Å². The van der Waals surface area contributed by atoms with Crippen LogP contribution in [0.15, 0.2) is 28.9 Å². The van der Waals surface area contributed by atoms with Crippen molar-refractivity contribution in [2.24, 2.45) is 5.73 Å². The second-order valence-corrected chi connectivity index (χ2v) is 4.60. The van der Waals surface area contributed by atoms with Crippen LogP contribution in [0.25, 0.3) is 5.69 Å². The van der Waals surface area contributed by atoms with Crippen molar-refractivity contribution in [2.45, 2.75) is 0 Å². The van der Waals surface area contributed by atoms with Crippen LogP contribution in [0, 0.1) is 0 Å². The minimum atomic E-state index is -0.528. The highest BCUT2D eigenvalue weighted by atomic mass is 79.9. The number of nitrogen functional groups attached to an aromatic ring is 1. The molecule has 4 N–H and O–H groups in total. The molecule has 0 aliphatic rings. The Morgan fingerprint density at radius 2 is 2.18 bits per heavy atom. The van der Waals surface area contributed by atoms with Crippen LogP contribution in [0.1, 0.15) is 10.4 Å². The Kier molecular flexibility index (Phi) is 3.08. The number of hydrogen-bond acceptors (Lipinski definition) is 3. The van der Waals surface area contributed by atoms with Gasteiger partial charge >= 0.3 is 0 Å². The molecule has 0 aliphatic heterocycles. The number of primary amides is 1. The lowest BCUT2D eigenvalue weighted by molar-refractivity contribution is 0.100. The van der Waals surface area contributed by atoms with Crippen molar-refractivity contribution in [3.8, 4) is 5.69 Å². The zero-order valence-electron chi connectivity index (χ0n) is 8.52. The van der Waals surface area contributed by atoms with Gasteiger partial charge in [-0.2, -0.15) is 0 Å². The average Bonchev–Trinajstić information content (AvgIpc) is 2.58. The first-order chi connectivity index (χ1) is 7.99. The fraction of sp³-hybridized carbons (Fsp3) is 0. The highest BCUT2D eigenvalue weighted by molar-refractivity contribution is 9.10. The Labute approximate surface area is 110 Å². The minimum absolute atomic E-state index is 0.345. The smallest absolute Gasteiger partial charge is 0.248 e. The summed E-state index contributed by atoms with van der Waals surface area (Å²) in [7, 11) is 0. The zero-order chi connectivity index (χ0) is 12.6. The molecule has 5 nitrogen and oxygen atoms in total. The second-order valence-electron chi connectivity index (χ2n) is 3.34. The van der Waals surface area contributed by atoms with Crippen LogP contribution in [-0.2, 0) is 0 Å². The van der Waals surface area contributed by atoms with Crippen molar-refractivity contribution >= 4 is 39.3 Å². The van der Waals surface area contributed by atoms with E-state index < -0.39 is 5.91 Å². The topological polar surface area (TPSA) is 86.9 Å². The first kappa shape index (κ1) is 11.9. The summed E-state index contributed by atoms with van der Waals surface area (Å²) in [5, 5.41) is 4.43. The molecule has 17 heavy (non-hydrogen) atoms. The lowest BCUT2D eigenvalue weighted by Gasteiger charge is -2.05. The molecule has 2 aromatic rings. The lowest BCUT2D eigenvalue weighted by Crippen LogP contribution is -2.11. The molecule has 1 aromatic heterocycles. The fourth-order valence-electron chi connectivity index (χ4n) is 1.34. The van der Waals surface area contributed by atoms with Crippen LogP contribution in [-0.4, -0.2) is 15.7 Å². The number of carbonyl (C=O) groups is 1. The van der Waals surface area contributed by atoms with E-state index in [1.165, 1.54) is 10.7 Å². The molecule has 0 atom stereocenters. The molecule has 0 aliphatic carbocycles. The van der Waals surface area contributed by atoms with Gasteiger partial charge < -0.3 is 11.5 Å². The molecule has 7 heteroatoms. The number of nitrogens with zero attached hydrogens (tertiary/aromatic N) is 2. The van der Waals surface area contributed by atoms with E-state index in [9.17, 15) is 4.79 Å². The Morgan fingerprint density at radius 1 is 1.47 bits per heavy atom. The number of nitrogens with two attached hydrogens (primary N) is 2. The highest BCUT2D eigenvalue weighted by Crippen LogP contribution is 2.25. The molecule has 0 bridgehead atoms. The Hall–Kier alpha value is -1.53. The zero-order valence-corrected chi connectivity index (χ0v) is 10.9. The summed E-state index contributed by atoms with van der Waals surface area (Å²) in [5.74, 6) is -0.167. The summed E-state index contributed by atoms with van der Waals surface area (Å²) in [5.41, 5.74) is 11.7. The quantitative estimate of drug-likeness (QED) is 0.888. The molecule has 0 saturated heterocycles. The van der Waals surface area contributed by atoms with Crippen molar-refractivity contribution < 1.29 is 4.79 Å². The van der Waals surface area contributed by atoms with Gasteiger partial charge in [0.2, 0.25) is 5.91 Å². The molecular weight excluding hydrogens is 307 g/mol. The third-order valence-corrected chi connectivity index (χ3v) is 3.09. The van der Waals surface area contributed by atoms with Gasteiger partial charge in [0, 0.05) is 11.8 Å². The maximum atomic E-state index is 11.0. The van der Waals surface area contributed by atoms with Crippen molar-refractivity contribution in [3.63, 3.8) is 0 Å². The normalized spacial score (nSPS) is 10.5. The SMILES string of the molecule is NC(=O)c1ccc(-n2cc(Br)c(N)n2)c(Cl)c1. The van der Waals surface area contributed by atoms with Gasteiger partial charge in [-0.05, 0) is 34.1 Å². The third-order valence-electron chi connectivity index (χ3n) is 2.17. The van der Waals surface area contributed by atoms with Gasteiger partial charge in [-0.15, -0.1) is 5.10 Å².